The molecule has 454 valence electrons. The van der Waals surface area contributed by atoms with Crippen LogP contribution >= 0.6 is 0 Å². The zero-order valence-corrected chi connectivity index (χ0v) is 52.0. The molecule has 0 spiro atoms. The van der Waals surface area contributed by atoms with Gasteiger partial charge in [0.15, 0.2) is 0 Å². The van der Waals surface area contributed by atoms with Crippen molar-refractivity contribution < 1.29 is 24.5 Å². The number of ether oxygens (including phenoxy) is 1. The van der Waals surface area contributed by atoms with E-state index in [0.717, 1.165) is 44.9 Å². The number of esters is 1. The summed E-state index contributed by atoms with van der Waals surface area (Å²) in [5, 5.41) is 23.2. The Morgan fingerprint density at radius 1 is 0.364 bits per heavy atom. The highest BCUT2D eigenvalue weighted by atomic mass is 16.5. The van der Waals surface area contributed by atoms with E-state index in [2.05, 4.69) is 43.5 Å². The second-order valence-corrected chi connectivity index (χ2v) is 23.9. The van der Waals surface area contributed by atoms with Crippen molar-refractivity contribution in [3.63, 3.8) is 0 Å². The standard InChI is InChI=1S/C71H135NO5/c1-3-5-7-9-11-13-15-17-19-32-35-39-43-47-51-55-59-63-69(74)68(67-73)72-70(75)64-60-56-52-48-44-40-36-33-30-28-26-24-22-21-23-25-27-29-31-34-38-42-46-50-54-58-62-66-77-71(76)65-61-57-53-49-45-41-37-20-18-16-14-12-10-8-6-4-2/h21-22,25,27,59,63,68-69,73-74H,3-20,23-24,26,28-58,60-62,64-67H2,1-2H3,(H,72,75)/b22-21-,27-25-,63-59+. The molecule has 3 N–H and O–H groups in total. The molecular weight excluding hydrogens is 947 g/mol. The first-order chi connectivity index (χ1) is 38.0. The molecule has 0 aliphatic rings. The zero-order chi connectivity index (χ0) is 55.7. The van der Waals surface area contributed by atoms with Gasteiger partial charge in [-0.3, -0.25) is 9.59 Å². The largest absolute Gasteiger partial charge is 0.466 e. The van der Waals surface area contributed by atoms with Crippen LogP contribution in [0.1, 0.15) is 380 Å². The van der Waals surface area contributed by atoms with Crippen molar-refractivity contribution in [1.29, 1.82) is 0 Å². The van der Waals surface area contributed by atoms with E-state index in [1.54, 1.807) is 6.08 Å². The Morgan fingerprint density at radius 3 is 0.987 bits per heavy atom. The number of amides is 1. The highest BCUT2D eigenvalue weighted by Gasteiger charge is 2.18. The van der Waals surface area contributed by atoms with Gasteiger partial charge in [0.05, 0.1) is 25.4 Å². The molecule has 6 heteroatoms. The molecule has 2 unspecified atom stereocenters. The number of hydrogen-bond acceptors (Lipinski definition) is 5. The molecule has 1 amide bonds. The first-order valence-electron chi connectivity index (χ1n) is 34.8. The molecule has 0 aromatic rings. The van der Waals surface area contributed by atoms with Gasteiger partial charge in [0, 0.05) is 12.8 Å². The summed E-state index contributed by atoms with van der Waals surface area (Å²) in [7, 11) is 0. The van der Waals surface area contributed by atoms with E-state index in [1.807, 2.05) is 6.08 Å². The van der Waals surface area contributed by atoms with Crippen molar-refractivity contribution in [1.82, 2.24) is 5.32 Å². The molecular formula is C71H135NO5. The van der Waals surface area contributed by atoms with Crippen LogP contribution in [-0.4, -0.2) is 47.4 Å². The molecule has 0 radical (unpaired) electrons. The number of hydrogen-bond donors (Lipinski definition) is 3. The van der Waals surface area contributed by atoms with Crippen molar-refractivity contribution in [3.05, 3.63) is 36.5 Å². The lowest BCUT2D eigenvalue weighted by Crippen LogP contribution is -2.45. The van der Waals surface area contributed by atoms with E-state index in [1.165, 1.54) is 308 Å². The van der Waals surface area contributed by atoms with Gasteiger partial charge >= 0.3 is 5.97 Å². The van der Waals surface area contributed by atoms with Crippen LogP contribution in [0.15, 0.2) is 36.5 Å². The molecule has 0 heterocycles. The number of nitrogens with one attached hydrogen (secondary N) is 1. The Bertz CT molecular complexity index is 1250. The second-order valence-electron chi connectivity index (χ2n) is 23.9. The number of allylic oxidation sites excluding steroid dienone is 5. The second kappa shape index (κ2) is 66.6. The summed E-state index contributed by atoms with van der Waals surface area (Å²) in [5.41, 5.74) is 0. The summed E-state index contributed by atoms with van der Waals surface area (Å²) in [6, 6.07) is -0.631. The number of rotatable bonds is 65. The zero-order valence-electron chi connectivity index (χ0n) is 52.0. The minimum atomic E-state index is -0.847. The van der Waals surface area contributed by atoms with Crippen LogP contribution in [0.4, 0.5) is 0 Å². The molecule has 0 fully saturated rings. The van der Waals surface area contributed by atoms with Gasteiger partial charge in [-0.15, -0.1) is 0 Å². The van der Waals surface area contributed by atoms with Gasteiger partial charge in [-0.2, -0.15) is 0 Å². The SMILES string of the molecule is CCCCCCCCCCCCCCCCC/C=C/C(O)C(CO)NC(=O)CCCCCCCCCCCCC/C=C\C/C=C\CCCCCCCCCCCOC(=O)CCCCCCCCCCCCCCCCCC. The van der Waals surface area contributed by atoms with E-state index in [4.69, 9.17) is 4.74 Å². The minimum Gasteiger partial charge on any atom is -0.466 e. The van der Waals surface area contributed by atoms with Crippen LogP contribution in [0.2, 0.25) is 0 Å². The predicted octanol–water partition coefficient (Wildman–Crippen LogP) is 22.3. The molecule has 2 atom stereocenters. The quantitative estimate of drug-likeness (QED) is 0.0320. The molecule has 0 rings (SSSR count). The third-order valence-corrected chi connectivity index (χ3v) is 16.2. The van der Waals surface area contributed by atoms with Crippen molar-refractivity contribution in [2.24, 2.45) is 0 Å². The fraction of sp³-hybridized carbons (Fsp3) is 0.887. The third-order valence-electron chi connectivity index (χ3n) is 16.2. The summed E-state index contributed by atoms with van der Waals surface area (Å²) >= 11 is 0. The molecule has 0 aromatic heterocycles. The average molecular weight is 1080 g/mol. The van der Waals surface area contributed by atoms with E-state index in [9.17, 15) is 19.8 Å². The number of unbranched alkanes of at least 4 members (excludes halogenated alkanes) is 50. The number of aliphatic hydroxyl groups excluding tert-OH is 2. The molecule has 0 bridgehead atoms. The number of aliphatic hydroxyl groups is 2. The molecule has 6 nitrogen and oxygen atoms in total. The molecule has 0 aliphatic carbocycles. The lowest BCUT2D eigenvalue weighted by atomic mass is 10.0. The highest BCUT2D eigenvalue weighted by molar-refractivity contribution is 5.76. The first-order valence-corrected chi connectivity index (χ1v) is 34.8. The van der Waals surface area contributed by atoms with Gasteiger partial charge in [0.1, 0.15) is 0 Å². The maximum Gasteiger partial charge on any atom is 0.305 e. The maximum atomic E-state index is 12.5. The van der Waals surface area contributed by atoms with Crippen LogP contribution in [0, 0.1) is 0 Å². The summed E-state index contributed by atoms with van der Waals surface area (Å²) < 4.78 is 5.50. The lowest BCUT2D eigenvalue weighted by molar-refractivity contribution is -0.143. The number of carbonyl (C=O) groups is 2. The Hall–Kier alpha value is -1.92. The highest BCUT2D eigenvalue weighted by Crippen LogP contribution is 2.18. The Morgan fingerprint density at radius 2 is 0.649 bits per heavy atom. The third kappa shape index (κ3) is 63.1. The van der Waals surface area contributed by atoms with E-state index >= 15 is 0 Å². The van der Waals surface area contributed by atoms with Crippen molar-refractivity contribution in [2.75, 3.05) is 13.2 Å². The van der Waals surface area contributed by atoms with Gasteiger partial charge in [0.25, 0.3) is 0 Å². The Balaban J connectivity index is 3.43. The number of carbonyl (C=O) groups excluding carboxylic acids is 2. The van der Waals surface area contributed by atoms with Gasteiger partial charge in [-0.25, -0.2) is 0 Å². The van der Waals surface area contributed by atoms with Crippen LogP contribution in [-0.2, 0) is 14.3 Å². The lowest BCUT2D eigenvalue weighted by Gasteiger charge is -2.20. The van der Waals surface area contributed by atoms with Gasteiger partial charge in [0.2, 0.25) is 5.91 Å². The summed E-state index contributed by atoms with van der Waals surface area (Å²) in [5.74, 6) is -0.0546. The first kappa shape index (κ1) is 75.1. The van der Waals surface area contributed by atoms with Gasteiger partial charge in [-0.1, -0.05) is 339 Å². The molecule has 0 aliphatic heterocycles. The Kier molecular flexibility index (Phi) is 64.9. The fourth-order valence-electron chi connectivity index (χ4n) is 10.8. The van der Waals surface area contributed by atoms with E-state index in [0.29, 0.717) is 19.4 Å². The van der Waals surface area contributed by atoms with Gasteiger partial charge < -0.3 is 20.3 Å². The van der Waals surface area contributed by atoms with E-state index < -0.39 is 12.1 Å². The van der Waals surface area contributed by atoms with Crippen LogP contribution in [0.5, 0.6) is 0 Å². The monoisotopic (exact) mass is 1080 g/mol. The topological polar surface area (TPSA) is 95.9 Å². The fourth-order valence-corrected chi connectivity index (χ4v) is 10.8. The Labute approximate surface area is 481 Å². The van der Waals surface area contributed by atoms with Crippen LogP contribution < -0.4 is 5.32 Å². The van der Waals surface area contributed by atoms with E-state index in [-0.39, 0.29) is 18.5 Å². The smallest absolute Gasteiger partial charge is 0.305 e. The van der Waals surface area contributed by atoms with Crippen LogP contribution in [0.3, 0.4) is 0 Å². The summed E-state index contributed by atoms with van der Waals surface area (Å²) in [4.78, 5) is 24.6. The average Bonchev–Trinajstić information content (AvgIpc) is 3.43. The molecule has 0 saturated carbocycles. The minimum absolute atomic E-state index is 0.0141. The van der Waals surface area contributed by atoms with Crippen molar-refractivity contribution in [3.8, 4) is 0 Å². The normalized spacial score (nSPS) is 12.7. The molecule has 0 saturated heterocycles. The predicted molar refractivity (Wildman–Crippen MR) is 338 cm³/mol. The summed E-state index contributed by atoms with van der Waals surface area (Å²) in [6.07, 6.45) is 85.0. The van der Waals surface area contributed by atoms with Crippen LogP contribution in [0.25, 0.3) is 0 Å². The maximum absolute atomic E-state index is 12.5. The summed E-state index contributed by atoms with van der Waals surface area (Å²) in [6.45, 7) is 4.93. The van der Waals surface area contributed by atoms with Gasteiger partial charge in [-0.05, 0) is 64.2 Å². The molecule has 77 heavy (non-hydrogen) atoms. The molecule has 0 aromatic carbocycles. The van der Waals surface area contributed by atoms with Crippen molar-refractivity contribution in [2.45, 2.75) is 392 Å². The van der Waals surface area contributed by atoms with Crippen molar-refractivity contribution >= 4 is 11.9 Å².